The molecule has 0 saturated carbocycles. The molecule has 0 spiro atoms. The van der Waals surface area contributed by atoms with E-state index in [1.807, 2.05) is 22.6 Å². The van der Waals surface area contributed by atoms with E-state index in [0.29, 0.717) is 20.0 Å². The first-order chi connectivity index (χ1) is 5.57. The van der Waals surface area contributed by atoms with Crippen LogP contribution in [0.4, 0.5) is 10.1 Å². The number of carbonyl (C=O) groups is 1. The highest BCUT2D eigenvalue weighted by molar-refractivity contribution is 14.1. The molecular weight excluding hydrogens is 340 g/mol. The molecule has 0 saturated heterocycles. The Balaban J connectivity index is 3.49. The second-order valence-electron chi connectivity index (χ2n) is 2.11. The van der Waals surface area contributed by atoms with Crippen molar-refractivity contribution in [3.8, 4) is 0 Å². The molecule has 0 amide bonds. The molecule has 2 nitrogen and oxygen atoms in total. The number of nitrogen functional groups attached to an aromatic ring is 1. The summed E-state index contributed by atoms with van der Waals surface area (Å²) >= 11 is 4.89. The van der Waals surface area contributed by atoms with Crippen molar-refractivity contribution in [3.63, 3.8) is 0 Å². The third kappa shape index (κ3) is 1.61. The summed E-state index contributed by atoms with van der Waals surface area (Å²) in [5.74, 6) is -0.476. The quantitative estimate of drug-likeness (QED) is 0.368. The van der Waals surface area contributed by atoms with E-state index >= 15 is 0 Å². The zero-order valence-electron chi connectivity index (χ0n) is 5.77. The van der Waals surface area contributed by atoms with E-state index in [4.69, 9.17) is 5.73 Å². The standard InChI is InChI=1S/C7H4BrFINO/c8-5-4(9)1-3(2-12)7(11)6(5)10/h1-2H,11H2. The highest BCUT2D eigenvalue weighted by Crippen LogP contribution is 2.29. The maximum absolute atomic E-state index is 12.9. The van der Waals surface area contributed by atoms with Gasteiger partial charge in [0.1, 0.15) is 5.82 Å². The fraction of sp³-hybridized carbons (Fsp3) is 0. The number of rotatable bonds is 1. The van der Waals surface area contributed by atoms with Crippen molar-refractivity contribution in [2.75, 3.05) is 5.73 Å². The Hall–Kier alpha value is -0.170. The Morgan fingerprint density at radius 2 is 2.25 bits per heavy atom. The largest absolute Gasteiger partial charge is 0.397 e. The Morgan fingerprint density at radius 1 is 1.67 bits per heavy atom. The third-order valence-electron chi connectivity index (χ3n) is 1.36. The summed E-state index contributed by atoms with van der Waals surface area (Å²) in [5.41, 5.74) is 6.01. The second kappa shape index (κ2) is 3.69. The molecule has 0 aliphatic heterocycles. The summed E-state index contributed by atoms with van der Waals surface area (Å²) in [6, 6.07) is 1.11. The zero-order chi connectivity index (χ0) is 9.30. The third-order valence-corrected chi connectivity index (χ3v) is 4.00. The van der Waals surface area contributed by atoms with Gasteiger partial charge in [-0.1, -0.05) is 0 Å². The fourth-order valence-corrected chi connectivity index (χ4v) is 1.62. The van der Waals surface area contributed by atoms with Gasteiger partial charge in [-0.2, -0.15) is 0 Å². The molecule has 0 atom stereocenters. The maximum atomic E-state index is 12.9. The SMILES string of the molecule is Nc1c(C=O)cc(F)c(Br)c1I. The molecule has 0 unspecified atom stereocenters. The van der Waals surface area contributed by atoms with Crippen LogP contribution < -0.4 is 5.73 Å². The molecule has 5 heteroatoms. The van der Waals surface area contributed by atoms with Gasteiger partial charge in [0.05, 0.1) is 13.7 Å². The lowest BCUT2D eigenvalue weighted by molar-refractivity contribution is 0.112. The van der Waals surface area contributed by atoms with Crippen molar-refractivity contribution >= 4 is 50.5 Å². The van der Waals surface area contributed by atoms with E-state index in [2.05, 4.69) is 15.9 Å². The number of halogens is 3. The Bertz CT molecular complexity index is 343. The monoisotopic (exact) mass is 343 g/mol. The van der Waals surface area contributed by atoms with Crippen molar-refractivity contribution in [1.82, 2.24) is 0 Å². The highest BCUT2D eigenvalue weighted by Gasteiger charge is 2.11. The van der Waals surface area contributed by atoms with E-state index in [0.717, 1.165) is 6.07 Å². The summed E-state index contributed by atoms with van der Waals surface area (Å²) in [5, 5.41) is 0. The molecule has 0 radical (unpaired) electrons. The van der Waals surface area contributed by atoms with Crippen molar-refractivity contribution < 1.29 is 9.18 Å². The smallest absolute Gasteiger partial charge is 0.152 e. The van der Waals surface area contributed by atoms with Crippen LogP contribution in [0.2, 0.25) is 0 Å². The van der Waals surface area contributed by atoms with Crippen molar-refractivity contribution in [1.29, 1.82) is 0 Å². The average molecular weight is 344 g/mol. The maximum Gasteiger partial charge on any atom is 0.152 e. The van der Waals surface area contributed by atoms with Crippen molar-refractivity contribution in [2.24, 2.45) is 0 Å². The number of hydrogen-bond acceptors (Lipinski definition) is 2. The number of hydrogen-bond donors (Lipinski definition) is 1. The van der Waals surface area contributed by atoms with E-state index in [9.17, 15) is 9.18 Å². The molecule has 12 heavy (non-hydrogen) atoms. The molecule has 0 aliphatic rings. The first-order valence-electron chi connectivity index (χ1n) is 2.96. The number of aldehydes is 1. The summed E-state index contributed by atoms with van der Waals surface area (Å²) < 4.78 is 13.8. The summed E-state index contributed by atoms with van der Waals surface area (Å²) in [6.45, 7) is 0. The average Bonchev–Trinajstić information content (AvgIpc) is 2.08. The minimum atomic E-state index is -0.476. The molecule has 0 bridgehead atoms. The van der Waals surface area contributed by atoms with Gasteiger partial charge in [0.25, 0.3) is 0 Å². The minimum absolute atomic E-state index is 0.181. The molecule has 1 rings (SSSR count). The van der Waals surface area contributed by atoms with Gasteiger partial charge in [0.2, 0.25) is 0 Å². The van der Waals surface area contributed by atoms with Gasteiger partial charge in [-0.05, 0) is 44.6 Å². The predicted octanol–water partition coefficient (Wildman–Crippen LogP) is 2.59. The van der Waals surface area contributed by atoms with Gasteiger partial charge >= 0.3 is 0 Å². The van der Waals surface area contributed by atoms with Crippen molar-refractivity contribution in [2.45, 2.75) is 0 Å². The molecule has 2 N–H and O–H groups in total. The summed E-state index contributed by atoms with van der Waals surface area (Å²) in [6.07, 6.45) is 0.535. The highest BCUT2D eigenvalue weighted by atomic mass is 127. The Labute approximate surface area is 90.6 Å². The lowest BCUT2D eigenvalue weighted by Gasteiger charge is -2.04. The van der Waals surface area contributed by atoms with Gasteiger partial charge in [0.15, 0.2) is 6.29 Å². The molecule has 1 aromatic carbocycles. The van der Waals surface area contributed by atoms with Gasteiger partial charge in [-0.25, -0.2) is 4.39 Å². The van der Waals surface area contributed by atoms with Crippen LogP contribution >= 0.6 is 38.5 Å². The van der Waals surface area contributed by atoms with E-state index < -0.39 is 5.82 Å². The van der Waals surface area contributed by atoms with Gasteiger partial charge in [-0.15, -0.1) is 0 Å². The minimum Gasteiger partial charge on any atom is -0.397 e. The van der Waals surface area contributed by atoms with E-state index in [-0.39, 0.29) is 5.56 Å². The lowest BCUT2D eigenvalue weighted by Crippen LogP contribution is -1.99. The van der Waals surface area contributed by atoms with Crippen LogP contribution in [0.3, 0.4) is 0 Å². The number of nitrogens with two attached hydrogens (primary N) is 1. The van der Waals surface area contributed by atoms with Crippen LogP contribution in [0.5, 0.6) is 0 Å². The van der Waals surface area contributed by atoms with Crippen LogP contribution in [0.15, 0.2) is 10.5 Å². The number of anilines is 1. The summed E-state index contributed by atoms with van der Waals surface area (Å²) in [7, 11) is 0. The summed E-state index contributed by atoms with van der Waals surface area (Å²) in [4.78, 5) is 10.4. The van der Waals surface area contributed by atoms with Gasteiger partial charge in [0, 0.05) is 5.56 Å². The zero-order valence-corrected chi connectivity index (χ0v) is 9.52. The van der Waals surface area contributed by atoms with E-state index in [1.54, 1.807) is 0 Å². The first kappa shape index (κ1) is 9.91. The molecule has 0 aliphatic carbocycles. The molecular formula is C7H4BrFINO. The van der Waals surface area contributed by atoms with Crippen LogP contribution in [0, 0.1) is 9.39 Å². The molecule has 0 fully saturated rings. The van der Waals surface area contributed by atoms with Gasteiger partial charge in [-0.3, -0.25) is 4.79 Å². The molecule has 0 aromatic heterocycles. The predicted molar refractivity (Wildman–Crippen MR) is 56.6 cm³/mol. The van der Waals surface area contributed by atoms with E-state index in [1.165, 1.54) is 0 Å². The van der Waals surface area contributed by atoms with Crippen LogP contribution in [0.25, 0.3) is 0 Å². The first-order valence-corrected chi connectivity index (χ1v) is 4.83. The molecule has 1 aromatic rings. The fourth-order valence-electron chi connectivity index (χ4n) is 0.725. The lowest BCUT2D eigenvalue weighted by atomic mass is 10.2. The number of benzene rings is 1. The van der Waals surface area contributed by atoms with Crippen LogP contribution in [-0.2, 0) is 0 Å². The second-order valence-corrected chi connectivity index (χ2v) is 3.98. The molecule has 0 heterocycles. The van der Waals surface area contributed by atoms with Crippen LogP contribution in [-0.4, -0.2) is 6.29 Å². The van der Waals surface area contributed by atoms with Crippen LogP contribution in [0.1, 0.15) is 10.4 Å². The van der Waals surface area contributed by atoms with Gasteiger partial charge < -0.3 is 5.73 Å². The normalized spacial score (nSPS) is 9.92. The Morgan fingerprint density at radius 3 is 2.75 bits per heavy atom. The Kier molecular flexibility index (Phi) is 3.05. The molecule has 64 valence electrons. The number of carbonyl (C=O) groups excluding carboxylic acids is 1. The topological polar surface area (TPSA) is 43.1 Å². The van der Waals surface area contributed by atoms with Crippen molar-refractivity contribution in [3.05, 3.63) is 25.5 Å².